The Kier molecular flexibility index (Phi) is 5.94. The molecule has 20 heavy (non-hydrogen) atoms. The fourth-order valence-electron chi connectivity index (χ4n) is 1.56. The van der Waals surface area contributed by atoms with Crippen molar-refractivity contribution in [1.82, 2.24) is 10.6 Å². The van der Waals surface area contributed by atoms with Crippen molar-refractivity contribution >= 4 is 5.91 Å². The van der Waals surface area contributed by atoms with E-state index in [0.717, 1.165) is 18.6 Å². The van der Waals surface area contributed by atoms with Gasteiger partial charge >= 0.3 is 6.18 Å². The van der Waals surface area contributed by atoms with Gasteiger partial charge in [-0.25, -0.2) is 4.39 Å². The number of rotatable bonds is 6. The largest absolute Gasteiger partial charge is 0.416 e. The Morgan fingerprint density at radius 1 is 1.25 bits per heavy atom. The summed E-state index contributed by atoms with van der Waals surface area (Å²) < 4.78 is 50.6. The standard InChI is InChI=1S/C13H16F4N2O/c1-2-3-19-12(20)8-18-7-9-4-10(13(15,16)17)6-11(14)5-9/h4-6,18H,2-3,7-8H2,1H3,(H,19,20). The quantitative estimate of drug-likeness (QED) is 0.791. The maximum atomic E-state index is 13.1. The Morgan fingerprint density at radius 2 is 1.95 bits per heavy atom. The molecule has 0 saturated heterocycles. The van der Waals surface area contributed by atoms with E-state index in [-0.39, 0.29) is 24.6 Å². The Morgan fingerprint density at radius 3 is 2.55 bits per heavy atom. The zero-order valence-corrected chi connectivity index (χ0v) is 11.0. The minimum absolute atomic E-state index is 0.0135. The molecule has 1 aromatic carbocycles. The average Bonchev–Trinajstić information content (AvgIpc) is 2.34. The van der Waals surface area contributed by atoms with E-state index in [0.29, 0.717) is 12.6 Å². The van der Waals surface area contributed by atoms with Gasteiger partial charge in [0.05, 0.1) is 12.1 Å². The molecule has 0 radical (unpaired) electrons. The maximum Gasteiger partial charge on any atom is 0.416 e. The molecule has 0 fully saturated rings. The lowest BCUT2D eigenvalue weighted by atomic mass is 10.1. The van der Waals surface area contributed by atoms with Crippen LogP contribution in [0.5, 0.6) is 0 Å². The summed E-state index contributed by atoms with van der Waals surface area (Å²) in [6.45, 7) is 2.40. The molecule has 0 aromatic heterocycles. The van der Waals surface area contributed by atoms with Crippen molar-refractivity contribution in [1.29, 1.82) is 0 Å². The smallest absolute Gasteiger partial charge is 0.355 e. The van der Waals surface area contributed by atoms with E-state index < -0.39 is 17.6 Å². The van der Waals surface area contributed by atoms with Gasteiger partial charge in [0.15, 0.2) is 0 Å². The van der Waals surface area contributed by atoms with Gasteiger partial charge in [0, 0.05) is 13.1 Å². The van der Waals surface area contributed by atoms with Gasteiger partial charge < -0.3 is 10.6 Å². The zero-order chi connectivity index (χ0) is 15.2. The molecule has 7 heteroatoms. The van der Waals surface area contributed by atoms with Gasteiger partial charge in [-0.1, -0.05) is 6.92 Å². The van der Waals surface area contributed by atoms with Crippen molar-refractivity contribution in [3.63, 3.8) is 0 Å². The first-order valence-corrected chi connectivity index (χ1v) is 6.17. The Bertz CT molecular complexity index is 460. The second-order valence-corrected chi connectivity index (χ2v) is 4.30. The minimum Gasteiger partial charge on any atom is -0.355 e. The predicted molar refractivity (Wildman–Crippen MR) is 66.4 cm³/mol. The van der Waals surface area contributed by atoms with Crippen LogP contribution in [0.2, 0.25) is 0 Å². The van der Waals surface area contributed by atoms with Crippen LogP contribution in [-0.2, 0) is 17.5 Å². The summed E-state index contributed by atoms with van der Waals surface area (Å²) in [6, 6.07) is 2.31. The molecule has 1 amide bonds. The van der Waals surface area contributed by atoms with Crippen molar-refractivity contribution in [2.45, 2.75) is 26.1 Å². The van der Waals surface area contributed by atoms with Crippen LogP contribution >= 0.6 is 0 Å². The first-order valence-electron chi connectivity index (χ1n) is 6.17. The third kappa shape index (κ3) is 5.56. The van der Waals surface area contributed by atoms with Gasteiger partial charge in [-0.05, 0) is 30.2 Å². The molecule has 1 rings (SSSR count). The number of alkyl halides is 3. The third-order valence-corrected chi connectivity index (χ3v) is 2.47. The molecule has 0 unspecified atom stereocenters. The number of nitrogens with one attached hydrogen (secondary N) is 2. The van der Waals surface area contributed by atoms with E-state index in [1.165, 1.54) is 0 Å². The summed E-state index contributed by atoms with van der Waals surface area (Å²) in [7, 11) is 0. The zero-order valence-electron chi connectivity index (χ0n) is 11.0. The van der Waals surface area contributed by atoms with Crippen molar-refractivity contribution in [3.05, 3.63) is 35.1 Å². The minimum atomic E-state index is -4.59. The van der Waals surface area contributed by atoms with E-state index in [1.54, 1.807) is 0 Å². The number of amides is 1. The first kappa shape index (κ1) is 16.4. The molecule has 0 saturated carbocycles. The lowest BCUT2D eigenvalue weighted by Gasteiger charge is -2.10. The molecule has 0 heterocycles. The van der Waals surface area contributed by atoms with Gasteiger partial charge in [-0.15, -0.1) is 0 Å². The Balaban J connectivity index is 2.56. The van der Waals surface area contributed by atoms with Crippen LogP contribution in [0.15, 0.2) is 18.2 Å². The van der Waals surface area contributed by atoms with E-state index in [1.807, 2.05) is 6.92 Å². The van der Waals surface area contributed by atoms with Crippen LogP contribution in [-0.4, -0.2) is 19.0 Å². The molecule has 0 aliphatic heterocycles. The highest BCUT2D eigenvalue weighted by atomic mass is 19.4. The van der Waals surface area contributed by atoms with Gasteiger partial charge in [0.2, 0.25) is 5.91 Å². The molecule has 2 N–H and O–H groups in total. The molecular weight excluding hydrogens is 276 g/mol. The van der Waals surface area contributed by atoms with E-state index >= 15 is 0 Å². The van der Waals surface area contributed by atoms with Crippen LogP contribution in [0.3, 0.4) is 0 Å². The number of hydrogen-bond acceptors (Lipinski definition) is 2. The Labute approximate surface area is 114 Å². The van der Waals surface area contributed by atoms with Crippen LogP contribution in [0.25, 0.3) is 0 Å². The summed E-state index contributed by atoms with van der Waals surface area (Å²) in [4.78, 5) is 11.3. The number of carbonyl (C=O) groups is 1. The van der Waals surface area contributed by atoms with Crippen molar-refractivity contribution in [3.8, 4) is 0 Å². The summed E-state index contributed by atoms with van der Waals surface area (Å²) >= 11 is 0. The van der Waals surface area contributed by atoms with Gasteiger partial charge in [0.25, 0.3) is 0 Å². The molecule has 0 atom stereocenters. The van der Waals surface area contributed by atoms with Gasteiger partial charge in [0.1, 0.15) is 5.82 Å². The summed E-state index contributed by atoms with van der Waals surface area (Å²) in [6.07, 6.45) is -3.79. The number of benzene rings is 1. The molecule has 1 aromatic rings. The fourth-order valence-corrected chi connectivity index (χ4v) is 1.56. The lowest BCUT2D eigenvalue weighted by Crippen LogP contribution is -2.34. The van der Waals surface area contributed by atoms with Crippen LogP contribution in [0.1, 0.15) is 24.5 Å². The van der Waals surface area contributed by atoms with Crippen LogP contribution < -0.4 is 10.6 Å². The highest BCUT2D eigenvalue weighted by Crippen LogP contribution is 2.30. The van der Waals surface area contributed by atoms with E-state index in [9.17, 15) is 22.4 Å². The highest BCUT2D eigenvalue weighted by molar-refractivity contribution is 5.77. The maximum absolute atomic E-state index is 13.1. The molecule has 3 nitrogen and oxygen atoms in total. The van der Waals surface area contributed by atoms with Gasteiger partial charge in [-0.2, -0.15) is 13.2 Å². The van der Waals surface area contributed by atoms with Gasteiger partial charge in [-0.3, -0.25) is 4.79 Å². The average molecular weight is 292 g/mol. The van der Waals surface area contributed by atoms with Crippen LogP contribution in [0.4, 0.5) is 17.6 Å². The molecule has 112 valence electrons. The monoisotopic (exact) mass is 292 g/mol. The van der Waals surface area contributed by atoms with Crippen LogP contribution in [0, 0.1) is 5.82 Å². The highest BCUT2D eigenvalue weighted by Gasteiger charge is 2.31. The Hall–Kier alpha value is -1.63. The molecule has 0 aliphatic rings. The van der Waals surface area contributed by atoms with E-state index in [2.05, 4.69) is 10.6 Å². The predicted octanol–water partition coefficient (Wildman–Crippen LogP) is 2.46. The van der Waals surface area contributed by atoms with Crippen molar-refractivity contribution in [2.24, 2.45) is 0 Å². The normalized spacial score (nSPS) is 11.4. The molecule has 0 spiro atoms. The number of hydrogen-bond donors (Lipinski definition) is 2. The molecular formula is C13H16F4N2O. The summed E-state index contributed by atoms with van der Waals surface area (Å²) in [5.74, 6) is -1.20. The van der Waals surface area contributed by atoms with Crippen molar-refractivity contribution in [2.75, 3.05) is 13.1 Å². The second kappa shape index (κ2) is 7.23. The lowest BCUT2D eigenvalue weighted by molar-refractivity contribution is -0.137. The summed E-state index contributed by atoms with van der Waals surface area (Å²) in [5, 5.41) is 5.28. The summed E-state index contributed by atoms with van der Waals surface area (Å²) in [5.41, 5.74) is -0.898. The molecule has 0 aliphatic carbocycles. The second-order valence-electron chi connectivity index (χ2n) is 4.30. The van der Waals surface area contributed by atoms with Crippen molar-refractivity contribution < 1.29 is 22.4 Å². The third-order valence-electron chi connectivity index (χ3n) is 2.47. The topological polar surface area (TPSA) is 41.1 Å². The molecule has 0 bridgehead atoms. The number of carbonyl (C=O) groups excluding carboxylic acids is 1. The fraction of sp³-hybridized carbons (Fsp3) is 0.462. The van der Waals surface area contributed by atoms with E-state index in [4.69, 9.17) is 0 Å². The number of halogens is 4. The first-order chi connectivity index (χ1) is 9.32. The SMILES string of the molecule is CCCNC(=O)CNCc1cc(F)cc(C(F)(F)F)c1.